The molecule has 0 spiro atoms. The van der Waals surface area contributed by atoms with Gasteiger partial charge in [-0.2, -0.15) is 0 Å². The Kier molecular flexibility index (Phi) is 4.04. The number of hydrogen-bond acceptors (Lipinski definition) is 6. The second-order valence-electron chi connectivity index (χ2n) is 6.79. The summed E-state index contributed by atoms with van der Waals surface area (Å²) < 4.78 is 17.6. The van der Waals surface area contributed by atoms with Gasteiger partial charge in [-0.3, -0.25) is 9.69 Å². The third-order valence-corrected chi connectivity index (χ3v) is 5.80. The quantitative estimate of drug-likeness (QED) is 0.772. The Bertz CT molecular complexity index is 868. The van der Waals surface area contributed by atoms with E-state index in [1.807, 2.05) is 35.7 Å². The fraction of sp³-hybridized carbons (Fsp3) is 0.350. The van der Waals surface area contributed by atoms with Crippen molar-refractivity contribution in [1.29, 1.82) is 0 Å². The Morgan fingerprint density at radius 2 is 2.27 bits per heavy atom. The van der Waals surface area contributed by atoms with Gasteiger partial charge >= 0.3 is 0 Å². The number of allylic oxidation sites excluding steroid dienone is 1. The van der Waals surface area contributed by atoms with Gasteiger partial charge in [0.25, 0.3) is 0 Å². The lowest BCUT2D eigenvalue weighted by molar-refractivity contribution is 0.0274. The van der Waals surface area contributed by atoms with E-state index < -0.39 is 0 Å². The summed E-state index contributed by atoms with van der Waals surface area (Å²) in [6.07, 6.45) is 4.31. The first-order chi connectivity index (χ1) is 12.8. The molecule has 4 heterocycles. The van der Waals surface area contributed by atoms with Gasteiger partial charge in [0.15, 0.2) is 5.76 Å². The van der Waals surface area contributed by atoms with E-state index in [4.69, 9.17) is 14.2 Å². The summed E-state index contributed by atoms with van der Waals surface area (Å²) in [6, 6.07) is 7.62. The molecular formula is C20H19NO4S. The highest BCUT2D eigenvalue weighted by Crippen LogP contribution is 2.42. The molecule has 1 atom stereocenters. The monoisotopic (exact) mass is 369 g/mol. The second-order valence-corrected chi connectivity index (χ2v) is 7.77. The first-order valence-corrected chi connectivity index (χ1v) is 9.76. The van der Waals surface area contributed by atoms with Gasteiger partial charge in [-0.25, -0.2) is 0 Å². The van der Waals surface area contributed by atoms with Crippen LogP contribution in [0.5, 0.6) is 11.5 Å². The molecule has 3 aliphatic rings. The van der Waals surface area contributed by atoms with E-state index in [0.717, 1.165) is 42.2 Å². The average molecular weight is 369 g/mol. The lowest BCUT2D eigenvalue weighted by atomic mass is 10.0. The molecular weight excluding hydrogens is 350 g/mol. The maximum absolute atomic E-state index is 12.7. The van der Waals surface area contributed by atoms with Gasteiger partial charge < -0.3 is 14.2 Å². The SMILES string of the molecule is O=C1/C(=C/c2cccs2)Oc2c1ccc1c2CN(CC2CCCO2)CO1. The molecule has 5 rings (SSSR count). The van der Waals surface area contributed by atoms with Crippen LogP contribution in [0.1, 0.15) is 33.6 Å². The smallest absolute Gasteiger partial charge is 0.232 e. The van der Waals surface area contributed by atoms with Crippen LogP contribution in [0.15, 0.2) is 35.4 Å². The Balaban J connectivity index is 1.42. The molecule has 1 fully saturated rings. The van der Waals surface area contributed by atoms with Crippen molar-refractivity contribution >= 4 is 23.2 Å². The van der Waals surface area contributed by atoms with E-state index in [0.29, 0.717) is 30.3 Å². The van der Waals surface area contributed by atoms with Crippen molar-refractivity contribution in [1.82, 2.24) is 4.90 Å². The van der Waals surface area contributed by atoms with E-state index in [1.54, 1.807) is 11.3 Å². The number of benzene rings is 1. The average Bonchev–Trinajstić information content (AvgIpc) is 3.39. The molecule has 1 aromatic carbocycles. The summed E-state index contributed by atoms with van der Waals surface area (Å²) in [6.45, 7) is 2.93. The third kappa shape index (κ3) is 2.84. The van der Waals surface area contributed by atoms with Crippen molar-refractivity contribution in [3.8, 4) is 11.5 Å². The highest BCUT2D eigenvalue weighted by atomic mass is 32.1. The summed E-state index contributed by atoms with van der Waals surface area (Å²) >= 11 is 1.58. The predicted molar refractivity (Wildman–Crippen MR) is 98.6 cm³/mol. The number of hydrogen-bond donors (Lipinski definition) is 0. The number of thiophene rings is 1. The van der Waals surface area contributed by atoms with Gasteiger partial charge in [0.2, 0.25) is 5.78 Å². The molecule has 3 aliphatic heterocycles. The van der Waals surface area contributed by atoms with Crippen LogP contribution < -0.4 is 9.47 Å². The minimum absolute atomic E-state index is 0.0625. The zero-order valence-electron chi connectivity index (χ0n) is 14.3. The standard InChI is InChI=1S/C20H19NO4S/c22-19-15-5-6-17-16(11-21(12-24-17)10-13-3-1-7-23-13)20(15)25-18(19)9-14-4-2-8-26-14/h2,4-6,8-9,13H,1,3,7,10-12H2/b18-9-. The number of Topliss-reactive ketones (excluding diaryl/α,β-unsaturated/α-hetero) is 1. The summed E-state index contributed by atoms with van der Waals surface area (Å²) in [5, 5.41) is 1.98. The molecule has 2 aromatic rings. The van der Waals surface area contributed by atoms with E-state index in [2.05, 4.69) is 4.90 Å². The number of carbonyl (C=O) groups excluding carboxylic acids is 1. The summed E-state index contributed by atoms with van der Waals surface area (Å²) in [5.74, 6) is 1.77. The van der Waals surface area contributed by atoms with E-state index in [9.17, 15) is 4.79 Å². The first kappa shape index (κ1) is 16.1. The molecule has 0 amide bonds. The van der Waals surface area contributed by atoms with Gasteiger partial charge in [-0.15, -0.1) is 11.3 Å². The zero-order chi connectivity index (χ0) is 17.5. The molecule has 1 aromatic heterocycles. The number of ketones is 1. The normalized spacial score (nSPS) is 23.6. The van der Waals surface area contributed by atoms with Crippen molar-refractivity contribution < 1.29 is 19.0 Å². The predicted octanol–water partition coefficient (Wildman–Crippen LogP) is 3.70. The minimum Gasteiger partial charge on any atom is -0.478 e. The molecule has 6 heteroatoms. The lowest BCUT2D eigenvalue weighted by Gasteiger charge is -2.31. The highest BCUT2D eigenvalue weighted by molar-refractivity contribution is 7.10. The zero-order valence-corrected chi connectivity index (χ0v) is 15.1. The van der Waals surface area contributed by atoms with Gasteiger partial charge in [0, 0.05) is 30.6 Å². The van der Waals surface area contributed by atoms with Crippen molar-refractivity contribution in [2.24, 2.45) is 0 Å². The summed E-state index contributed by atoms with van der Waals surface area (Å²) in [4.78, 5) is 15.9. The second kappa shape index (κ2) is 6.54. The Morgan fingerprint density at radius 1 is 1.31 bits per heavy atom. The van der Waals surface area contributed by atoms with Gasteiger partial charge in [-0.1, -0.05) is 6.07 Å². The first-order valence-electron chi connectivity index (χ1n) is 8.88. The van der Waals surface area contributed by atoms with Crippen LogP contribution >= 0.6 is 11.3 Å². The number of ether oxygens (including phenoxy) is 3. The van der Waals surface area contributed by atoms with E-state index in [-0.39, 0.29) is 11.9 Å². The van der Waals surface area contributed by atoms with Gasteiger partial charge in [-0.05, 0) is 36.4 Å². The van der Waals surface area contributed by atoms with Crippen molar-refractivity contribution in [3.05, 3.63) is 51.4 Å². The summed E-state index contributed by atoms with van der Waals surface area (Å²) in [5.41, 5.74) is 1.57. The van der Waals surface area contributed by atoms with Gasteiger partial charge in [0.05, 0.1) is 17.2 Å². The van der Waals surface area contributed by atoms with Crippen molar-refractivity contribution in [2.75, 3.05) is 19.9 Å². The van der Waals surface area contributed by atoms with E-state index in [1.165, 1.54) is 0 Å². The fourth-order valence-electron chi connectivity index (χ4n) is 3.70. The molecule has 26 heavy (non-hydrogen) atoms. The third-order valence-electron chi connectivity index (χ3n) is 4.98. The molecule has 0 N–H and O–H groups in total. The summed E-state index contributed by atoms with van der Waals surface area (Å²) in [7, 11) is 0. The molecule has 5 nitrogen and oxygen atoms in total. The van der Waals surface area contributed by atoms with Crippen LogP contribution in [0, 0.1) is 0 Å². The largest absolute Gasteiger partial charge is 0.478 e. The number of carbonyl (C=O) groups is 1. The number of nitrogens with zero attached hydrogens (tertiary/aromatic N) is 1. The molecule has 0 aliphatic carbocycles. The van der Waals surface area contributed by atoms with E-state index >= 15 is 0 Å². The van der Waals surface area contributed by atoms with Crippen LogP contribution in [-0.2, 0) is 11.3 Å². The molecule has 134 valence electrons. The molecule has 0 saturated carbocycles. The lowest BCUT2D eigenvalue weighted by Crippen LogP contribution is -2.37. The molecule has 0 radical (unpaired) electrons. The molecule has 0 bridgehead atoms. The van der Waals surface area contributed by atoms with Crippen LogP contribution in [0.25, 0.3) is 6.08 Å². The Hall–Kier alpha value is -2.15. The Labute approximate surface area is 155 Å². The molecule has 1 unspecified atom stereocenters. The fourth-order valence-corrected chi connectivity index (χ4v) is 4.35. The van der Waals surface area contributed by atoms with Crippen LogP contribution in [0.4, 0.5) is 0 Å². The van der Waals surface area contributed by atoms with Crippen molar-refractivity contribution in [3.63, 3.8) is 0 Å². The molecule has 1 saturated heterocycles. The minimum atomic E-state index is -0.0625. The van der Waals surface area contributed by atoms with Crippen molar-refractivity contribution in [2.45, 2.75) is 25.5 Å². The number of rotatable bonds is 3. The highest BCUT2D eigenvalue weighted by Gasteiger charge is 2.34. The van der Waals surface area contributed by atoms with Crippen LogP contribution in [0.3, 0.4) is 0 Å². The maximum atomic E-state index is 12.7. The van der Waals surface area contributed by atoms with Gasteiger partial charge in [0.1, 0.15) is 18.2 Å². The Morgan fingerprint density at radius 3 is 3.08 bits per heavy atom. The topological polar surface area (TPSA) is 48.0 Å². The van der Waals surface area contributed by atoms with Crippen LogP contribution in [-0.4, -0.2) is 36.7 Å². The maximum Gasteiger partial charge on any atom is 0.232 e. The van der Waals surface area contributed by atoms with Crippen LogP contribution in [0.2, 0.25) is 0 Å². The number of fused-ring (bicyclic) bond motifs is 3.